The fourth-order valence-corrected chi connectivity index (χ4v) is 2.74. The molecule has 1 aromatic carbocycles. The molecule has 1 atom stereocenters. The van der Waals surface area contributed by atoms with E-state index in [-0.39, 0.29) is 36.7 Å². The van der Waals surface area contributed by atoms with Crippen molar-refractivity contribution in [2.24, 2.45) is 14.1 Å². The van der Waals surface area contributed by atoms with Crippen molar-refractivity contribution < 1.29 is 14.2 Å². The Morgan fingerprint density at radius 2 is 1.96 bits per heavy atom. The number of aromatic nitrogens is 4. The number of rotatable bonds is 6. The lowest BCUT2D eigenvalue weighted by atomic mass is 10.2. The topological polar surface area (TPSA) is 91.3 Å². The normalized spacial score (nSPS) is 12.6. The molecule has 0 spiro atoms. The molecule has 2 aromatic heterocycles. The van der Waals surface area contributed by atoms with Gasteiger partial charge >= 0.3 is 5.69 Å². The van der Waals surface area contributed by atoms with Crippen LogP contribution in [0.5, 0.6) is 0 Å². The van der Waals surface area contributed by atoms with E-state index in [1.807, 2.05) is 0 Å². The molecular weight excluding hydrogens is 343 g/mol. The Labute approximate surface area is 147 Å². The SMILES string of the molecule is Cn1c(=O)c2c(ncn2C[C@@H](O)COCc2ccccc2F)n(C)c1=O. The van der Waals surface area contributed by atoms with Crippen LogP contribution >= 0.6 is 0 Å². The zero-order valence-electron chi connectivity index (χ0n) is 14.4. The van der Waals surface area contributed by atoms with E-state index in [4.69, 9.17) is 4.74 Å². The van der Waals surface area contributed by atoms with E-state index < -0.39 is 17.4 Å². The third-order valence-corrected chi connectivity index (χ3v) is 4.15. The van der Waals surface area contributed by atoms with Gasteiger partial charge in [-0.3, -0.25) is 13.9 Å². The second-order valence-electron chi connectivity index (χ2n) is 6.04. The Balaban J connectivity index is 1.72. The first-order valence-electron chi connectivity index (χ1n) is 8.00. The van der Waals surface area contributed by atoms with Crippen LogP contribution in [-0.4, -0.2) is 36.5 Å². The van der Waals surface area contributed by atoms with Crippen LogP contribution in [0.1, 0.15) is 5.56 Å². The third-order valence-electron chi connectivity index (χ3n) is 4.15. The molecule has 3 aromatic rings. The van der Waals surface area contributed by atoms with Crippen LogP contribution in [0.3, 0.4) is 0 Å². The molecule has 0 amide bonds. The minimum absolute atomic E-state index is 0.0324. The van der Waals surface area contributed by atoms with Crippen molar-refractivity contribution in [2.75, 3.05) is 6.61 Å². The standard InChI is InChI=1S/C17H19FN4O4/c1-20-15-14(16(24)21(2)17(20)25)22(10-19-15)7-12(23)9-26-8-11-5-3-4-6-13(11)18/h3-6,10,12,23H,7-9H2,1-2H3/t12-/m1/s1. The quantitative estimate of drug-likeness (QED) is 0.674. The minimum Gasteiger partial charge on any atom is -0.389 e. The predicted octanol–water partition coefficient (Wildman–Crippen LogP) is 0.150. The van der Waals surface area contributed by atoms with Gasteiger partial charge in [0.2, 0.25) is 0 Å². The molecule has 0 aliphatic rings. The van der Waals surface area contributed by atoms with Crippen molar-refractivity contribution in [3.05, 3.63) is 62.8 Å². The number of imidazole rings is 1. The lowest BCUT2D eigenvalue weighted by molar-refractivity contribution is 0.0199. The van der Waals surface area contributed by atoms with Crippen LogP contribution in [0.15, 0.2) is 40.2 Å². The molecule has 138 valence electrons. The van der Waals surface area contributed by atoms with Crippen molar-refractivity contribution in [3.63, 3.8) is 0 Å². The smallest absolute Gasteiger partial charge is 0.332 e. The van der Waals surface area contributed by atoms with Gasteiger partial charge in [-0.1, -0.05) is 18.2 Å². The van der Waals surface area contributed by atoms with E-state index in [1.54, 1.807) is 18.2 Å². The van der Waals surface area contributed by atoms with Gasteiger partial charge in [0.25, 0.3) is 5.56 Å². The Bertz CT molecular complexity index is 1050. The fourth-order valence-electron chi connectivity index (χ4n) is 2.74. The van der Waals surface area contributed by atoms with Gasteiger partial charge in [-0.15, -0.1) is 0 Å². The van der Waals surface area contributed by atoms with Crippen molar-refractivity contribution in [3.8, 4) is 0 Å². The summed E-state index contributed by atoms with van der Waals surface area (Å²) in [7, 11) is 2.91. The molecule has 8 nitrogen and oxygen atoms in total. The summed E-state index contributed by atoms with van der Waals surface area (Å²) < 4.78 is 22.6. The summed E-state index contributed by atoms with van der Waals surface area (Å²) in [6.45, 7) is 0.0476. The second kappa shape index (κ2) is 7.22. The summed E-state index contributed by atoms with van der Waals surface area (Å²) in [6, 6.07) is 6.24. The van der Waals surface area contributed by atoms with E-state index in [0.29, 0.717) is 5.56 Å². The van der Waals surface area contributed by atoms with Gasteiger partial charge in [0.1, 0.15) is 5.82 Å². The van der Waals surface area contributed by atoms with Crippen LogP contribution in [0.4, 0.5) is 4.39 Å². The molecule has 3 rings (SSSR count). The van der Waals surface area contributed by atoms with Crippen LogP contribution in [0.25, 0.3) is 11.2 Å². The highest BCUT2D eigenvalue weighted by molar-refractivity contribution is 5.69. The predicted molar refractivity (Wildman–Crippen MR) is 92.3 cm³/mol. The molecule has 0 aliphatic carbocycles. The Kier molecular flexibility index (Phi) is 5.01. The Morgan fingerprint density at radius 3 is 2.69 bits per heavy atom. The maximum Gasteiger partial charge on any atom is 0.332 e. The second-order valence-corrected chi connectivity index (χ2v) is 6.04. The van der Waals surface area contributed by atoms with Gasteiger partial charge in [-0.2, -0.15) is 0 Å². The largest absolute Gasteiger partial charge is 0.389 e. The third kappa shape index (κ3) is 3.31. The van der Waals surface area contributed by atoms with E-state index in [1.165, 1.54) is 35.6 Å². The number of halogens is 1. The molecule has 0 fully saturated rings. The van der Waals surface area contributed by atoms with Gasteiger partial charge in [0.15, 0.2) is 11.2 Å². The maximum atomic E-state index is 13.5. The first-order valence-corrected chi connectivity index (χ1v) is 8.00. The zero-order chi connectivity index (χ0) is 18.8. The first-order chi connectivity index (χ1) is 12.4. The summed E-state index contributed by atoms with van der Waals surface area (Å²) >= 11 is 0. The number of hydrogen-bond donors (Lipinski definition) is 1. The average Bonchev–Trinajstić information content (AvgIpc) is 3.03. The Morgan fingerprint density at radius 1 is 1.23 bits per heavy atom. The van der Waals surface area contributed by atoms with Crippen LogP contribution < -0.4 is 11.2 Å². The number of aryl methyl sites for hydroxylation is 1. The molecule has 1 N–H and O–H groups in total. The molecule has 0 unspecified atom stereocenters. The summed E-state index contributed by atoms with van der Waals surface area (Å²) in [5.74, 6) is -0.369. The molecule has 0 aliphatic heterocycles. The van der Waals surface area contributed by atoms with E-state index in [2.05, 4.69) is 4.98 Å². The van der Waals surface area contributed by atoms with Gasteiger partial charge in [0.05, 0.1) is 32.2 Å². The number of ether oxygens (including phenoxy) is 1. The number of hydrogen-bond acceptors (Lipinski definition) is 5. The number of nitrogens with zero attached hydrogens (tertiary/aromatic N) is 4. The number of aliphatic hydroxyl groups excluding tert-OH is 1. The summed E-state index contributed by atoms with van der Waals surface area (Å²) in [4.78, 5) is 28.3. The molecule has 0 radical (unpaired) electrons. The monoisotopic (exact) mass is 362 g/mol. The van der Waals surface area contributed by atoms with Crippen LogP contribution in [0, 0.1) is 5.82 Å². The lowest BCUT2D eigenvalue weighted by Crippen LogP contribution is -2.38. The summed E-state index contributed by atoms with van der Waals surface area (Å²) in [5, 5.41) is 10.2. The molecule has 0 saturated carbocycles. The molecule has 9 heteroatoms. The first kappa shape index (κ1) is 18.0. The fraction of sp³-hybridized carbons (Fsp3) is 0.353. The van der Waals surface area contributed by atoms with E-state index in [0.717, 1.165) is 4.57 Å². The lowest BCUT2D eigenvalue weighted by Gasteiger charge is -2.13. The van der Waals surface area contributed by atoms with Crippen molar-refractivity contribution >= 4 is 11.2 Å². The average molecular weight is 362 g/mol. The van der Waals surface area contributed by atoms with Gasteiger partial charge in [-0.25, -0.2) is 14.2 Å². The molecule has 0 bridgehead atoms. The summed E-state index contributed by atoms with van der Waals surface area (Å²) in [5.41, 5.74) is -0.0847. The number of fused-ring (bicyclic) bond motifs is 1. The van der Waals surface area contributed by atoms with Crippen LogP contribution in [0.2, 0.25) is 0 Å². The zero-order valence-corrected chi connectivity index (χ0v) is 14.4. The molecule has 2 heterocycles. The van der Waals surface area contributed by atoms with E-state index >= 15 is 0 Å². The molecule has 0 saturated heterocycles. The molecular formula is C17H19FN4O4. The van der Waals surface area contributed by atoms with Gasteiger partial charge in [-0.05, 0) is 6.07 Å². The minimum atomic E-state index is -0.930. The summed E-state index contributed by atoms with van der Waals surface area (Å²) in [6.07, 6.45) is 0.465. The van der Waals surface area contributed by atoms with E-state index in [9.17, 15) is 19.1 Å². The Hall–Kier alpha value is -2.78. The van der Waals surface area contributed by atoms with Crippen molar-refractivity contribution in [1.29, 1.82) is 0 Å². The maximum absolute atomic E-state index is 13.5. The van der Waals surface area contributed by atoms with Gasteiger partial charge < -0.3 is 14.4 Å². The number of aliphatic hydroxyl groups is 1. The van der Waals surface area contributed by atoms with Crippen molar-refractivity contribution in [2.45, 2.75) is 19.3 Å². The number of benzene rings is 1. The highest BCUT2D eigenvalue weighted by Gasteiger charge is 2.16. The van der Waals surface area contributed by atoms with Crippen LogP contribution in [-0.2, 0) is 32.0 Å². The molecule has 26 heavy (non-hydrogen) atoms. The highest BCUT2D eigenvalue weighted by atomic mass is 19.1. The van der Waals surface area contributed by atoms with Gasteiger partial charge in [0, 0.05) is 19.7 Å². The highest BCUT2D eigenvalue weighted by Crippen LogP contribution is 2.09. The van der Waals surface area contributed by atoms with Crippen molar-refractivity contribution in [1.82, 2.24) is 18.7 Å².